The third kappa shape index (κ3) is 2.29. The van der Waals surface area contributed by atoms with Crippen molar-refractivity contribution in [3.05, 3.63) is 24.3 Å². The summed E-state index contributed by atoms with van der Waals surface area (Å²) in [6.07, 6.45) is 2.68. The number of carbonyl (C=O) groups is 1. The maximum Gasteiger partial charge on any atom is 0.324 e. The highest BCUT2D eigenvalue weighted by atomic mass is 16.2. The van der Waals surface area contributed by atoms with E-state index < -0.39 is 0 Å². The van der Waals surface area contributed by atoms with E-state index in [-0.39, 0.29) is 11.4 Å². The van der Waals surface area contributed by atoms with Crippen molar-refractivity contribution < 1.29 is 4.79 Å². The molecule has 1 aliphatic heterocycles. The van der Waals surface area contributed by atoms with Crippen molar-refractivity contribution in [3.8, 4) is 6.07 Å². The van der Waals surface area contributed by atoms with E-state index in [9.17, 15) is 4.79 Å². The lowest BCUT2D eigenvalue weighted by atomic mass is 10.0. The van der Waals surface area contributed by atoms with Crippen molar-refractivity contribution in [1.29, 1.82) is 5.26 Å². The molecule has 1 aliphatic carbocycles. The molecule has 2 N–H and O–H groups in total. The van der Waals surface area contributed by atoms with Crippen LogP contribution in [0.25, 0.3) is 0 Å². The first kappa shape index (κ1) is 12.8. The van der Waals surface area contributed by atoms with Crippen LogP contribution < -0.4 is 10.6 Å². The maximum absolute atomic E-state index is 12.4. The molecule has 2 amide bonds. The Labute approximate surface area is 118 Å². The van der Waals surface area contributed by atoms with E-state index in [0.717, 1.165) is 25.1 Å². The number of benzene rings is 1. The standard InChI is InChI=1S/C15H18N4O/c16-8-7-15(5-6-15)11-18-9-10-19(14(18)20)13-3-1-12(17)2-4-13/h1-4H,5-7,9-11,17H2. The number of nitrogens with zero attached hydrogens (tertiary/aromatic N) is 3. The second-order valence-corrected chi connectivity index (χ2v) is 5.78. The average molecular weight is 270 g/mol. The van der Waals surface area contributed by atoms with Gasteiger partial charge in [-0.1, -0.05) is 0 Å². The van der Waals surface area contributed by atoms with Gasteiger partial charge in [-0.25, -0.2) is 4.79 Å². The summed E-state index contributed by atoms with van der Waals surface area (Å²) in [5, 5.41) is 8.86. The summed E-state index contributed by atoms with van der Waals surface area (Å²) in [6.45, 7) is 2.15. The summed E-state index contributed by atoms with van der Waals surface area (Å²) in [5.41, 5.74) is 7.32. The van der Waals surface area contributed by atoms with Crippen LogP contribution in [0.5, 0.6) is 0 Å². The molecule has 0 atom stereocenters. The largest absolute Gasteiger partial charge is 0.399 e. The highest BCUT2D eigenvalue weighted by molar-refractivity contribution is 5.94. The molecule has 20 heavy (non-hydrogen) atoms. The smallest absolute Gasteiger partial charge is 0.324 e. The molecule has 0 aromatic heterocycles. The molecule has 104 valence electrons. The molecule has 0 spiro atoms. The van der Waals surface area contributed by atoms with Gasteiger partial charge in [0, 0.05) is 42.8 Å². The Morgan fingerprint density at radius 2 is 1.95 bits per heavy atom. The summed E-state index contributed by atoms with van der Waals surface area (Å²) in [4.78, 5) is 16.1. The number of carbonyl (C=O) groups excluding carboxylic acids is 1. The minimum Gasteiger partial charge on any atom is -0.399 e. The fourth-order valence-corrected chi connectivity index (χ4v) is 2.76. The van der Waals surface area contributed by atoms with Crippen molar-refractivity contribution in [3.63, 3.8) is 0 Å². The molecule has 0 bridgehead atoms. The molecule has 0 unspecified atom stereocenters. The first-order valence-corrected chi connectivity index (χ1v) is 6.93. The van der Waals surface area contributed by atoms with E-state index in [2.05, 4.69) is 6.07 Å². The Balaban J connectivity index is 1.68. The first-order valence-electron chi connectivity index (χ1n) is 6.93. The lowest BCUT2D eigenvalue weighted by Gasteiger charge is -2.22. The van der Waals surface area contributed by atoms with Gasteiger partial charge in [-0.05, 0) is 37.1 Å². The van der Waals surface area contributed by atoms with E-state index in [1.54, 1.807) is 4.90 Å². The van der Waals surface area contributed by atoms with Crippen LogP contribution in [-0.4, -0.2) is 30.6 Å². The van der Waals surface area contributed by atoms with Crippen molar-refractivity contribution >= 4 is 17.4 Å². The summed E-state index contributed by atoms with van der Waals surface area (Å²) < 4.78 is 0. The molecule has 1 aromatic carbocycles. The normalized spacial score (nSPS) is 20.1. The summed E-state index contributed by atoms with van der Waals surface area (Å²) in [6, 6.07) is 9.65. The van der Waals surface area contributed by atoms with Crippen molar-refractivity contribution in [2.45, 2.75) is 19.3 Å². The predicted molar refractivity (Wildman–Crippen MR) is 77.1 cm³/mol. The van der Waals surface area contributed by atoms with Crippen molar-refractivity contribution in [2.75, 3.05) is 30.3 Å². The lowest BCUT2D eigenvalue weighted by molar-refractivity contribution is 0.208. The quantitative estimate of drug-likeness (QED) is 0.852. The van der Waals surface area contributed by atoms with Crippen LogP contribution in [0, 0.1) is 16.7 Å². The summed E-state index contributed by atoms with van der Waals surface area (Å²) in [7, 11) is 0. The van der Waals surface area contributed by atoms with Gasteiger partial charge in [0.2, 0.25) is 0 Å². The minimum absolute atomic E-state index is 0.0407. The van der Waals surface area contributed by atoms with Crippen molar-refractivity contribution in [1.82, 2.24) is 4.90 Å². The number of amides is 2. The number of hydrogen-bond donors (Lipinski definition) is 1. The van der Waals surface area contributed by atoms with Crippen LogP contribution in [0.3, 0.4) is 0 Å². The van der Waals surface area contributed by atoms with Gasteiger partial charge >= 0.3 is 6.03 Å². The Bertz CT molecular complexity index is 556. The highest BCUT2D eigenvalue weighted by Gasteiger charge is 2.46. The molecule has 3 rings (SSSR count). The number of nitriles is 1. The van der Waals surface area contributed by atoms with Gasteiger partial charge < -0.3 is 10.6 Å². The Kier molecular flexibility index (Phi) is 3.01. The molecule has 1 heterocycles. The number of hydrogen-bond acceptors (Lipinski definition) is 3. The van der Waals surface area contributed by atoms with Crippen LogP contribution in [0.4, 0.5) is 16.2 Å². The molecule has 2 fully saturated rings. The lowest BCUT2D eigenvalue weighted by Crippen LogP contribution is -2.35. The van der Waals surface area contributed by atoms with Crippen LogP contribution in [0.1, 0.15) is 19.3 Å². The van der Waals surface area contributed by atoms with Gasteiger partial charge in [0.1, 0.15) is 0 Å². The molecule has 1 saturated carbocycles. The van der Waals surface area contributed by atoms with Crippen LogP contribution in [0.2, 0.25) is 0 Å². The second kappa shape index (κ2) is 4.71. The van der Waals surface area contributed by atoms with E-state index in [4.69, 9.17) is 11.0 Å². The van der Waals surface area contributed by atoms with Gasteiger partial charge in [-0.3, -0.25) is 4.90 Å². The Morgan fingerprint density at radius 1 is 1.25 bits per heavy atom. The number of nitrogens with two attached hydrogens (primary N) is 1. The average Bonchev–Trinajstić information content (AvgIpc) is 3.10. The Hall–Kier alpha value is -2.22. The minimum atomic E-state index is 0.0407. The second-order valence-electron chi connectivity index (χ2n) is 5.78. The number of nitrogen functional groups attached to an aromatic ring is 1. The van der Waals surface area contributed by atoms with Gasteiger partial charge in [0.05, 0.1) is 6.07 Å². The maximum atomic E-state index is 12.4. The van der Waals surface area contributed by atoms with E-state index >= 15 is 0 Å². The third-order valence-corrected chi connectivity index (χ3v) is 4.24. The van der Waals surface area contributed by atoms with E-state index in [1.807, 2.05) is 29.2 Å². The molecule has 0 radical (unpaired) electrons. The first-order chi connectivity index (χ1) is 9.63. The molecule has 2 aliphatic rings. The summed E-state index contributed by atoms with van der Waals surface area (Å²) in [5.74, 6) is 0. The number of anilines is 2. The van der Waals surface area contributed by atoms with Gasteiger partial charge in [0.25, 0.3) is 0 Å². The van der Waals surface area contributed by atoms with Crippen LogP contribution >= 0.6 is 0 Å². The Morgan fingerprint density at radius 3 is 2.55 bits per heavy atom. The third-order valence-electron chi connectivity index (χ3n) is 4.24. The van der Waals surface area contributed by atoms with Gasteiger partial charge in [-0.2, -0.15) is 5.26 Å². The van der Waals surface area contributed by atoms with Crippen LogP contribution in [0.15, 0.2) is 24.3 Å². The molecule has 1 aromatic rings. The predicted octanol–water partition coefficient (Wildman–Crippen LogP) is 2.20. The van der Waals surface area contributed by atoms with E-state index in [0.29, 0.717) is 25.2 Å². The topological polar surface area (TPSA) is 73.4 Å². The van der Waals surface area contributed by atoms with E-state index in [1.165, 1.54) is 0 Å². The molecular formula is C15H18N4O. The van der Waals surface area contributed by atoms with Gasteiger partial charge in [-0.15, -0.1) is 0 Å². The molecular weight excluding hydrogens is 252 g/mol. The fraction of sp³-hybridized carbons (Fsp3) is 0.467. The SMILES string of the molecule is N#CCC1(CN2CCN(c3ccc(N)cc3)C2=O)CC1. The van der Waals surface area contributed by atoms with Gasteiger partial charge in [0.15, 0.2) is 0 Å². The zero-order valence-electron chi connectivity index (χ0n) is 11.4. The number of urea groups is 1. The van der Waals surface area contributed by atoms with Crippen LogP contribution in [-0.2, 0) is 0 Å². The fourth-order valence-electron chi connectivity index (χ4n) is 2.76. The monoisotopic (exact) mass is 270 g/mol. The zero-order valence-corrected chi connectivity index (χ0v) is 11.4. The highest BCUT2D eigenvalue weighted by Crippen LogP contribution is 2.49. The molecule has 1 saturated heterocycles. The molecule has 5 heteroatoms. The summed E-state index contributed by atoms with van der Waals surface area (Å²) >= 11 is 0. The van der Waals surface area contributed by atoms with Crippen molar-refractivity contribution in [2.24, 2.45) is 5.41 Å². The zero-order chi connectivity index (χ0) is 14.2. The number of rotatable bonds is 4. The molecule has 5 nitrogen and oxygen atoms in total.